The monoisotopic (exact) mass is 487 g/mol. The number of aromatic nitrogens is 1. The second-order valence-corrected chi connectivity index (χ2v) is 11.8. The molecule has 3 heteroatoms. The van der Waals surface area contributed by atoms with Gasteiger partial charge < -0.3 is 4.42 Å². The van der Waals surface area contributed by atoms with Crippen LogP contribution in [0.5, 0.6) is 0 Å². The maximum absolute atomic E-state index is 10.0. The van der Waals surface area contributed by atoms with Crippen LogP contribution in [0.15, 0.2) is 71.3 Å². The Morgan fingerprint density at radius 3 is 2.16 bits per heavy atom. The van der Waals surface area contributed by atoms with E-state index in [4.69, 9.17) is 4.42 Å². The van der Waals surface area contributed by atoms with Crippen molar-refractivity contribution in [2.75, 3.05) is 0 Å². The molecule has 2 aromatic heterocycles. The van der Waals surface area contributed by atoms with E-state index in [-0.39, 0.29) is 5.41 Å². The molecule has 3 aromatic carbocycles. The molecule has 0 aliphatic rings. The van der Waals surface area contributed by atoms with Crippen molar-refractivity contribution in [2.45, 2.75) is 53.9 Å². The van der Waals surface area contributed by atoms with Gasteiger partial charge in [-0.3, -0.25) is 0 Å². The Labute approximate surface area is 220 Å². The molecule has 0 spiro atoms. The lowest BCUT2D eigenvalue weighted by molar-refractivity contribution is -0.660. The number of hydrogen-bond acceptors (Lipinski definition) is 2. The summed E-state index contributed by atoms with van der Waals surface area (Å²) in [5, 5.41) is 12.1. The summed E-state index contributed by atoms with van der Waals surface area (Å²) in [4.78, 5) is 0. The van der Waals surface area contributed by atoms with Crippen LogP contribution in [0.3, 0.4) is 0 Å². The first-order valence-corrected chi connectivity index (χ1v) is 13.1. The van der Waals surface area contributed by atoms with Gasteiger partial charge in [0.25, 0.3) is 0 Å². The molecule has 0 saturated carbocycles. The van der Waals surface area contributed by atoms with E-state index in [0.29, 0.717) is 11.5 Å². The molecule has 3 nitrogen and oxygen atoms in total. The summed E-state index contributed by atoms with van der Waals surface area (Å²) in [6, 6.07) is 23.7. The number of fused-ring (bicyclic) bond motifs is 3. The normalized spacial score (nSPS) is 12.0. The van der Waals surface area contributed by atoms with E-state index < -0.39 is 0 Å². The second kappa shape index (κ2) is 9.20. The Hall–Kier alpha value is -3.90. The highest BCUT2D eigenvalue weighted by Gasteiger charge is 2.24. The minimum atomic E-state index is 0.218. The molecule has 0 aliphatic heterocycles. The van der Waals surface area contributed by atoms with E-state index in [9.17, 15) is 5.26 Å². The smallest absolute Gasteiger partial charge is 0.216 e. The second-order valence-electron chi connectivity index (χ2n) is 11.8. The molecule has 0 N–H and O–H groups in total. The lowest BCUT2D eigenvalue weighted by atomic mass is 9.87. The van der Waals surface area contributed by atoms with Gasteiger partial charge >= 0.3 is 0 Å². The summed E-state index contributed by atoms with van der Waals surface area (Å²) in [5.41, 5.74) is 10.3. The highest BCUT2D eigenvalue weighted by atomic mass is 16.3. The number of nitrogens with zero attached hydrogens (tertiary/aromatic N) is 2. The third-order valence-electron chi connectivity index (χ3n) is 7.21. The molecule has 0 radical (unpaired) electrons. The maximum atomic E-state index is 10.0. The van der Waals surface area contributed by atoms with Crippen LogP contribution in [0, 0.1) is 23.7 Å². The molecule has 5 aromatic rings. The van der Waals surface area contributed by atoms with Crippen LogP contribution in [0.2, 0.25) is 0 Å². The average Bonchev–Trinajstić information content (AvgIpc) is 3.22. The van der Waals surface area contributed by atoms with Gasteiger partial charge in [-0.2, -0.15) is 5.26 Å². The fourth-order valence-electron chi connectivity index (χ4n) is 5.30. The van der Waals surface area contributed by atoms with Crippen molar-refractivity contribution in [3.8, 4) is 28.5 Å². The first-order chi connectivity index (χ1) is 17.6. The topological polar surface area (TPSA) is 40.8 Å². The molecule has 37 heavy (non-hydrogen) atoms. The van der Waals surface area contributed by atoms with Crippen LogP contribution >= 0.6 is 0 Å². The average molecular weight is 488 g/mol. The SMILES string of the molecule is Cc1ccc2c(oc3c(-c4ccc(CC(C)(C)C)cc4)c(C#N)ccc32)c1-c1cc(C(C)C)cc[n+]1C. The number of aryl methyl sites for hydroxylation is 2. The summed E-state index contributed by atoms with van der Waals surface area (Å²) in [7, 11) is 2.08. The van der Waals surface area contributed by atoms with Crippen LogP contribution in [0.4, 0.5) is 0 Å². The minimum Gasteiger partial charge on any atom is -0.454 e. The summed E-state index contributed by atoms with van der Waals surface area (Å²) < 4.78 is 8.91. The first kappa shape index (κ1) is 24.8. The molecule has 0 aliphatic carbocycles. The van der Waals surface area contributed by atoms with Crippen molar-refractivity contribution in [2.24, 2.45) is 12.5 Å². The fourth-order valence-corrected chi connectivity index (χ4v) is 5.30. The maximum Gasteiger partial charge on any atom is 0.216 e. The number of furan rings is 1. The molecule has 2 heterocycles. The highest BCUT2D eigenvalue weighted by Crippen LogP contribution is 2.42. The van der Waals surface area contributed by atoms with Gasteiger partial charge in [0.1, 0.15) is 18.2 Å². The van der Waals surface area contributed by atoms with Crippen LogP contribution in [-0.2, 0) is 13.5 Å². The van der Waals surface area contributed by atoms with Crippen molar-refractivity contribution >= 4 is 21.9 Å². The standard InChI is InChI=1S/C34H35N2O/c1-21(2)25-16-17-36(7)29(18-25)30-22(3)8-14-27-28-15-13-26(20-35)31(33(28)37-32(27)30)24-11-9-23(10-12-24)19-34(4,5)6/h8-18,21H,19H2,1-7H3/q+1. The van der Waals surface area contributed by atoms with Gasteiger partial charge in [0.15, 0.2) is 6.20 Å². The lowest BCUT2D eigenvalue weighted by Crippen LogP contribution is -2.31. The number of pyridine rings is 1. The number of nitriles is 1. The Bertz CT molecular complexity index is 1670. The molecule has 0 amide bonds. The first-order valence-electron chi connectivity index (χ1n) is 13.1. The van der Waals surface area contributed by atoms with Crippen molar-refractivity contribution in [3.63, 3.8) is 0 Å². The van der Waals surface area contributed by atoms with Gasteiger partial charge in [-0.05, 0) is 59.1 Å². The molecular formula is C34H35N2O+. The minimum absolute atomic E-state index is 0.218. The van der Waals surface area contributed by atoms with Gasteiger partial charge in [-0.25, -0.2) is 4.57 Å². The molecule has 0 fully saturated rings. The van der Waals surface area contributed by atoms with Crippen LogP contribution in [0.25, 0.3) is 44.3 Å². The summed E-state index contributed by atoms with van der Waals surface area (Å²) >= 11 is 0. The van der Waals surface area contributed by atoms with Gasteiger partial charge in [-0.15, -0.1) is 0 Å². The predicted molar refractivity (Wildman–Crippen MR) is 152 cm³/mol. The Balaban J connectivity index is 1.77. The summed E-state index contributed by atoms with van der Waals surface area (Å²) in [6.07, 6.45) is 3.13. The highest BCUT2D eigenvalue weighted by molar-refractivity contribution is 6.14. The van der Waals surface area contributed by atoms with E-state index in [2.05, 4.69) is 114 Å². The Morgan fingerprint density at radius 1 is 0.892 bits per heavy atom. The molecule has 186 valence electrons. The van der Waals surface area contributed by atoms with Crippen LogP contribution in [0.1, 0.15) is 62.8 Å². The third kappa shape index (κ3) is 4.53. The Morgan fingerprint density at radius 2 is 1.54 bits per heavy atom. The molecule has 0 atom stereocenters. The lowest BCUT2D eigenvalue weighted by Gasteiger charge is -2.18. The molecule has 0 unspecified atom stereocenters. The number of rotatable bonds is 4. The number of benzene rings is 3. The largest absolute Gasteiger partial charge is 0.454 e. The zero-order valence-corrected chi connectivity index (χ0v) is 22.9. The van der Waals surface area contributed by atoms with Crippen LogP contribution < -0.4 is 4.57 Å². The summed E-state index contributed by atoms with van der Waals surface area (Å²) in [5.74, 6) is 0.432. The van der Waals surface area contributed by atoms with E-state index in [1.165, 1.54) is 11.1 Å². The van der Waals surface area contributed by atoms with Gasteiger partial charge in [-0.1, -0.05) is 71.0 Å². The van der Waals surface area contributed by atoms with Gasteiger partial charge in [0.05, 0.1) is 17.2 Å². The molecular weight excluding hydrogens is 452 g/mol. The molecule has 0 bridgehead atoms. The number of hydrogen-bond donors (Lipinski definition) is 0. The van der Waals surface area contributed by atoms with Crippen LogP contribution in [-0.4, -0.2) is 0 Å². The van der Waals surface area contributed by atoms with Crippen molar-refractivity contribution in [1.29, 1.82) is 5.26 Å². The van der Waals surface area contributed by atoms with Gasteiger partial charge in [0.2, 0.25) is 5.69 Å². The summed E-state index contributed by atoms with van der Waals surface area (Å²) in [6.45, 7) is 13.3. The van der Waals surface area contributed by atoms with E-state index in [1.54, 1.807) is 0 Å². The van der Waals surface area contributed by atoms with Crippen molar-refractivity contribution in [3.05, 3.63) is 89.1 Å². The zero-order valence-electron chi connectivity index (χ0n) is 22.9. The molecule has 5 rings (SSSR count). The quantitative estimate of drug-likeness (QED) is 0.238. The zero-order chi connectivity index (χ0) is 26.5. The Kier molecular flexibility index (Phi) is 6.16. The van der Waals surface area contributed by atoms with E-state index in [1.807, 2.05) is 12.1 Å². The van der Waals surface area contributed by atoms with Crippen molar-refractivity contribution in [1.82, 2.24) is 0 Å². The van der Waals surface area contributed by atoms with E-state index in [0.717, 1.165) is 56.3 Å². The fraction of sp³-hybridized carbons (Fsp3) is 0.294. The van der Waals surface area contributed by atoms with Crippen molar-refractivity contribution < 1.29 is 8.98 Å². The molecule has 0 saturated heterocycles. The third-order valence-corrected chi connectivity index (χ3v) is 7.21. The van der Waals surface area contributed by atoms with Gasteiger partial charge in [0, 0.05) is 28.5 Å². The predicted octanol–water partition coefficient (Wildman–Crippen LogP) is 8.64. The van der Waals surface area contributed by atoms with E-state index >= 15 is 0 Å².